The Morgan fingerprint density at radius 1 is 0.946 bits per heavy atom. The van der Waals surface area contributed by atoms with E-state index in [0.29, 0.717) is 6.32 Å². The summed E-state index contributed by atoms with van der Waals surface area (Å²) in [5.74, 6) is -0.583. The molecule has 1 atom stereocenters. The van der Waals surface area contributed by atoms with Crippen LogP contribution >= 0.6 is 0 Å². The lowest BCUT2D eigenvalue weighted by atomic mass is 9.81. The van der Waals surface area contributed by atoms with E-state index in [1.54, 1.807) is 20.8 Å². The van der Waals surface area contributed by atoms with Crippen molar-refractivity contribution in [3.63, 3.8) is 0 Å². The summed E-state index contributed by atoms with van der Waals surface area (Å²) in [5, 5.41) is 2.73. The van der Waals surface area contributed by atoms with Crippen molar-refractivity contribution < 1.29 is 28.4 Å². The summed E-state index contributed by atoms with van der Waals surface area (Å²) in [4.78, 5) is 25.9. The van der Waals surface area contributed by atoms with Crippen LogP contribution in [0.1, 0.15) is 71.9 Å². The van der Waals surface area contributed by atoms with Gasteiger partial charge in [-0.25, -0.2) is 9.59 Å². The van der Waals surface area contributed by atoms with Crippen molar-refractivity contribution in [1.29, 1.82) is 0 Å². The number of rotatable bonds is 7. The van der Waals surface area contributed by atoms with E-state index in [0.717, 1.165) is 22.3 Å². The van der Waals surface area contributed by atoms with Gasteiger partial charge in [0.1, 0.15) is 18.2 Å². The van der Waals surface area contributed by atoms with Gasteiger partial charge in [0, 0.05) is 5.92 Å². The number of alkyl carbamates (subject to hydrolysis) is 1. The lowest BCUT2D eigenvalue weighted by molar-refractivity contribution is -0.157. The third-order valence-corrected chi connectivity index (χ3v) is 7.32. The fourth-order valence-electron chi connectivity index (χ4n) is 4.79. The maximum Gasteiger partial charge on any atom is 0.457 e. The molecule has 2 aliphatic rings. The molecule has 0 aromatic heterocycles. The Bertz CT molecular complexity index is 1090. The van der Waals surface area contributed by atoms with E-state index in [1.165, 1.54) is 0 Å². The first-order valence-corrected chi connectivity index (χ1v) is 13.0. The zero-order valence-corrected chi connectivity index (χ0v) is 22.9. The molecular formula is C29H38BNO6. The summed E-state index contributed by atoms with van der Waals surface area (Å²) < 4.78 is 23.4. The molecule has 1 aliphatic carbocycles. The Kier molecular flexibility index (Phi) is 7.46. The Labute approximate surface area is 220 Å². The van der Waals surface area contributed by atoms with Gasteiger partial charge in [0.25, 0.3) is 0 Å². The molecule has 1 fully saturated rings. The molecule has 2 aromatic carbocycles. The number of hydrogen-bond donors (Lipinski definition) is 1. The lowest BCUT2D eigenvalue weighted by Crippen LogP contribution is -2.45. The summed E-state index contributed by atoms with van der Waals surface area (Å²) in [6.45, 7) is 13.5. The fourth-order valence-corrected chi connectivity index (χ4v) is 4.79. The van der Waals surface area contributed by atoms with Gasteiger partial charge in [-0.3, -0.25) is 0 Å². The molecule has 1 amide bonds. The van der Waals surface area contributed by atoms with Crippen LogP contribution < -0.4 is 5.32 Å². The minimum absolute atomic E-state index is 0.0668. The minimum Gasteiger partial charge on any atom is -0.458 e. The zero-order valence-electron chi connectivity index (χ0n) is 22.9. The van der Waals surface area contributed by atoms with Gasteiger partial charge in [-0.2, -0.15) is 0 Å². The van der Waals surface area contributed by atoms with Crippen LogP contribution in [0.5, 0.6) is 0 Å². The highest BCUT2D eigenvalue weighted by atomic mass is 16.7. The SMILES string of the molecule is CC(C)(C)OC(=O)C(CCB1OC(C)(C)C(C)(C)O1)NC(=O)OCC1c2ccccc2-c2ccccc21. The number of hydrogen-bond acceptors (Lipinski definition) is 6. The summed E-state index contributed by atoms with van der Waals surface area (Å²) in [5.41, 5.74) is 2.92. The van der Waals surface area contributed by atoms with Crippen molar-refractivity contribution in [1.82, 2.24) is 5.32 Å². The predicted molar refractivity (Wildman–Crippen MR) is 143 cm³/mol. The van der Waals surface area contributed by atoms with Gasteiger partial charge in [-0.05, 0) is 83.5 Å². The van der Waals surface area contributed by atoms with Gasteiger partial charge in [-0.1, -0.05) is 48.5 Å². The van der Waals surface area contributed by atoms with Gasteiger partial charge in [0.2, 0.25) is 0 Å². The number of fused-ring (bicyclic) bond motifs is 3. The van der Waals surface area contributed by atoms with Crippen LogP contribution in [0.4, 0.5) is 4.79 Å². The fraction of sp³-hybridized carbons (Fsp3) is 0.517. The highest BCUT2D eigenvalue weighted by molar-refractivity contribution is 6.45. The van der Waals surface area contributed by atoms with Gasteiger partial charge < -0.3 is 24.1 Å². The largest absolute Gasteiger partial charge is 0.458 e. The molecule has 1 heterocycles. The minimum atomic E-state index is -0.895. The monoisotopic (exact) mass is 507 g/mol. The number of carbonyl (C=O) groups is 2. The van der Waals surface area contributed by atoms with Gasteiger partial charge in [-0.15, -0.1) is 0 Å². The van der Waals surface area contributed by atoms with E-state index in [1.807, 2.05) is 52.0 Å². The van der Waals surface area contributed by atoms with Crippen molar-refractivity contribution in [2.24, 2.45) is 0 Å². The van der Waals surface area contributed by atoms with Crippen LogP contribution in [-0.2, 0) is 23.6 Å². The molecule has 37 heavy (non-hydrogen) atoms. The first kappa shape index (κ1) is 27.2. The summed E-state index contributed by atoms with van der Waals surface area (Å²) in [7, 11) is -0.487. The van der Waals surface area contributed by atoms with Gasteiger partial charge in [0.05, 0.1) is 11.2 Å². The maximum absolute atomic E-state index is 13.0. The third-order valence-electron chi connectivity index (χ3n) is 7.32. The molecule has 0 spiro atoms. The molecule has 1 saturated heterocycles. The van der Waals surface area contributed by atoms with Crippen molar-refractivity contribution in [3.8, 4) is 11.1 Å². The molecule has 8 heteroatoms. The van der Waals surface area contributed by atoms with Crippen LogP contribution in [0.15, 0.2) is 48.5 Å². The standard InChI is InChI=1S/C29H38BNO6/c1-27(2,3)35-25(32)24(16-17-30-36-28(4,5)29(6,7)37-30)31-26(33)34-18-23-21-14-10-8-12-19(21)20-13-9-11-15-22(20)23/h8-15,23-24H,16-18H2,1-7H3,(H,31,33). The average molecular weight is 507 g/mol. The van der Waals surface area contributed by atoms with E-state index < -0.39 is 42.0 Å². The number of amides is 1. The summed E-state index contributed by atoms with van der Waals surface area (Å²) in [6, 6.07) is 15.4. The topological polar surface area (TPSA) is 83.1 Å². The molecule has 1 unspecified atom stereocenters. The molecule has 7 nitrogen and oxygen atoms in total. The third kappa shape index (κ3) is 6.02. The average Bonchev–Trinajstić information content (AvgIpc) is 3.23. The second-order valence-electron chi connectivity index (χ2n) is 11.8. The molecule has 2 aromatic rings. The van der Waals surface area contributed by atoms with E-state index in [4.69, 9.17) is 18.8 Å². The smallest absolute Gasteiger partial charge is 0.457 e. The Morgan fingerprint density at radius 2 is 1.46 bits per heavy atom. The van der Waals surface area contributed by atoms with Crippen molar-refractivity contribution in [2.45, 2.75) is 90.0 Å². The van der Waals surface area contributed by atoms with Crippen molar-refractivity contribution in [2.75, 3.05) is 6.61 Å². The Balaban J connectivity index is 1.41. The predicted octanol–water partition coefficient (Wildman–Crippen LogP) is 5.72. The van der Waals surface area contributed by atoms with Crippen LogP contribution in [0.3, 0.4) is 0 Å². The molecule has 0 radical (unpaired) electrons. The van der Waals surface area contributed by atoms with Crippen LogP contribution in [0.25, 0.3) is 11.1 Å². The van der Waals surface area contributed by atoms with E-state index in [9.17, 15) is 9.59 Å². The zero-order chi connectivity index (χ0) is 27.0. The van der Waals surface area contributed by atoms with Gasteiger partial charge >= 0.3 is 19.2 Å². The Hall–Kier alpha value is -2.84. The molecule has 0 saturated carbocycles. The Morgan fingerprint density at radius 3 is 1.97 bits per heavy atom. The molecular weight excluding hydrogens is 469 g/mol. The van der Waals surface area contributed by atoms with E-state index >= 15 is 0 Å². The first-order valence-electron chi connectivity index (χ1n) is 13.0. The molecule has 4 rings (SSSR count). The molecule has 1 aliphatic heterocycles. The lowest BCUT2D eigenvalue weighted by Gasteiger charge is -2.32. The maximum atomic E-state index is 13.0. The van der Waals surface area contributed by atoms with Crippen LogP contribution in [-0.4, -0.2) is 48.6 Å². The van der Waals surface area contributed by atoms with E-state index in [-0.39, 0.29) is 18.9 Å². The summed E-state index contributed by atoms with van der Waals surface area (Å²) in [6.07, 6.45) is 0.0442. The number of benzene rings is 2. The first-order chi connectivity index (χ1) is 17.3. The van der Waals surface area contributed by atoms with E-state index in [2.05, 4.69) is 29.6 Å². The number of nitrogens with one attached hydrogen (secondary N) is 1. The second kappa shape index (κ2) is 10.1. The highest BCUT2D eigenvalue weighted by Gasteiger charge is 2.51. The second-order valence-corrected chi connectivity index (χ2v) is 11.8. The molecule has 0 bridgehead atoms. The van der Waals surface area contributed by atoms with Crippen LogP contribution in [0, 0.1) is 0 Å². The highest BCUT2D eigenvalue weighted by Crippen LogP contribution is 2.44. The quantitative estimate of drug-likeness (QED) is 0.382. The number of esters is 1. The summed E-state index contributed by atoms with van der Waals surface area (Å²) >= 11 is 0. The van der Waals surface area contributed by atoms with Crippen molar-refractivity contribution >= 4 is 19.2 Å². The normalized spacial score (nSPS) is 18.6. The number of carbonyl (C=O) groups excluding carboxylic acids is 2. The van der Waals surface area contributed by atoms with Crippen LogP contribution in [0.2, 0.25) is 6.32 Å². The van der Waals surface area contributed by atoms with Gasteiger partial charge in [0.15, 0.2) is 0 Å². The van der Waals surface area contributed by atoms with Crippen molar-refractivity contribution in [3.05, 3.63) is 59.7 Å². The molecule has 198 valence electrons. The molecule has 1 N–H and O–H groups in total. The number of ether oxygens (including phenoxy) is 2.